The van der Waals surface area contributed by atoms with Crippen LogP contribution in [0, 0.1) is 0 Å². The molecule has 0 aliphatic carbocycles. The average molecular weight is 447 g/mol. The van der Waals surface area contributed by atoms with E-state index in [4.69, 9.17) is 0 Å². The van der Waals surface area contributed by atoms with Gasteiger partial charge >= 0.3 is 0 Å². The highest BCUT2D eigenvalue weighted by atomic mass is 32.2. The van der Waals surface area contributed by atoms with E-state index in [0.717, 1.165) is 32.5 Å². The minimum atomic E-state index is -3.75. The summed E-state index contributed by atoms with van der Waals surface area (Å²) in [5.74, 6) is 0. The molecule has 9 heteroatoms. The van der Waals surface area contributed by atoms with Crippen LogP contribution in [0.1, 0.15) is 18.4 Å². The van der Waals surface area contributed by atoms with E-state index < -0.39 is 21.7 Å². The van der Waals surface area contributed by atoms with Crippen LogP contribution in [0.5, 0.6) is 0 Å². The van der Waals surface area contributed by atoms with Crippen molar-refractivity contribution in [2.45, 2.75) is 42.0 Å². The monoisotopic (exact) mass is 446 g/mol. The number of hydrogen-bond donors (Lipinski definition) is 3. The summed E-state index contributed by atoms with van der Waals surface area (Å²) in [5.41, 5.74) is -0.314. The lowest BCUT2D eigenvalue weighted by molar-refractivity contribution is -0.0409. The molecule has 0 saturated carbocycles. The van der Waals surface area contributed by atoms with Crippen LogP contribution in [0.25, 0.3) is 0 Å². The van der Waals surface area contributed by atoms with Gasteiger partial charge in [-0.05, 0) is 49.7 Å². The van der Waals surface area contributed by atoms with Gasteiger partial charge in [0, 0.05) is 44.6 Å². The van der Waals surface area contributed by atoms with Crippen molar-refractivity contribution in [2.24, 2.45) is 0 Å². The quantitative estimate of drug-likeness (QED) is 0.566. The summed E-state index contributed by atoms with van der Waals surface area (Å²) in [5, 5.41) is 24.8. The summed E-state index contributed by atoms with van der Waals surface area (Å²) in [6, 6.07) is 12.4. The molecular weight excluding hydrogens is 416 g/mol. The number of β-amino-alcohol motifs (C(OH)–C–C–N with tert-alkyl or cyclic N) is 2. The second-order valence-corrected chi connectivity index (χ2v) is 10.5. The van der Waals surface area contributed by atoms with Crippen molar-refractivity contribution in [3.05, 3.63) is 60.4 Å². The number of aromatic nitrogens is 1. The van der Waals surface area contributed by atoms with Crippen LogP contribution in [-0.4, -0.2) is 83.3 Å². The first kappa shape index (κ1) is 22.3. The molecule has 0 spiro atoms. The molecule has 2 aliphatic rings. The molecule has 168 valence electrons. The summed E-state index contributed by atoms with van der Waals surface area (Å²) in [6.45, 7) is 2.65. The van der Waals surface area contributed by atoms with Gasteiger partial charge in [-0.25, -0.2) is 8.42 Å². The van der Waals surface area contributed by atoms with Crippen molar-refractivity contribution in [3.63, 3.8) is 0 Å². The summed E-state index contributed by atoms with van der Waals surface area (Å²) >= 11 is 0. The zero-order valence-corrected chi connectivity index (χ0v) is 18.3. The Morgan fingerprint density at radius 3 is 2.55 bits per heavy atom. The Bertz CT molecular complexity index is 952. The van der Waals surface area contributed by atoms with Crippen molar-refractivity contribution in [1.82, 2.24) is 19.5 Å². The van der Waals surface area contributed by atoms with Gasteiger partial charge in [0.05, 0.1) is 11.0 Å². The maximum absolute atomic E-state index is 12.8. The highest BCUT2D eigenvalue weighted by Crippen LogP contribution is 2.28. The normalized spacial score (nSPS) is 26.3. The molecule has 3 N–H and O–H groups in total. The van der Waals surface area contributed by atoms with Gasteiger partial charge in [-0.2, -0.15) is 4.31 Å². The number of likely N-dealkylation sites (tertiary alicyclic amines) is 1. The lowest BCUT2D eigenvalue weighted by Crippen LogP contribution is -2.53. The molecule has 4 rings (SSSR count). The summed E-state index contributed by atoms with van der Waals surface area (Å²) < 4.78 is 26.8. The zero-order valence-electron chi connectivity index (χ0n) is 17.5. The van der Waals surface area contributed by atoms with Crippen LogP contribution < -0.4 is 5.32 Å². The number of piperidine rings is 1. The van der Waals surface area contributed by atoms with Gasteiger partial charge in [-0.3, -0.25) is 9.88 Å². The number of rotatable bonds is 7. The third-order valence-electron chi connectivity index (χ3n) is 6.24. The molecule has 3 heterocycles. The number of nitrogens with one attached hydrogen (secondary N) is 1. The topological polar surface area (TPSA) is 106 Å². The standard InChI is InChI=1S/C22H30N4O4S/c27-21-15-26(31(29,30)20-6-2-1-3-7-20)17-22(21,28)16-24-19-8-11-25(12-9-19)14-18-5-4-10-23-13-18/h1-7,10,13,19,21,24,27-28H,8-9,11-12,14-17H2/t21-,22+/m1/s1. The highest BCUT2D eigenvalue weighted by molar-refractivity contribution is 7.89. The number of benzene rings is 1. The van der Waals surface area contributed by atoms with Gasteiger partial charge in [-0.15, -0.1) is 0 Å². The third-order valence-corrected chi connectivity index (χ3v) is 8.07. The molecule has 2 aromatic rings. The van der Waals surface area contributed by atoms with Crippen molar-refractivity contribution >= 4 is 10.0 Å². The predicted octanol–water partition coefficient (Wildman–Crippen LogP) is 0.432. The van der Waals surface area contributed by atoms with E-state index in [-0.39, 0.29) is 30.6 Å². The first-order chi connectivity index (χ1) is 14.9. The Balaban J connectivity index is 1.29. The highest BCUT2D eigenvalue weighted by Gasteiger charge is 2.48. The molecule has 2 fully saturated rings. The fourth-order valence-electron chi connectivity index (χ4n) is 4.30. The minimum absolute atomic E-state index is 0.112. The summed E-state index contributed by atoms with van der Waals surface area (Å²) in [7, 11) is -3.75. The maximum atomic E-state index is 12.8. The Labute approximate surface area is 183 Å². The van der Waals surface area contributed by atoms with Crippen LogP contribution in [0.2, 0.25) is 0 Å². The van der Waals surface area contributed by atoms with E-state index in [2.05, 4.69) is 21.3 Å². The van der Waals surface area contributed by atoms with Crippen LogP contribution in [0.15, 0.2) is 59.8 Å². The Hall–Kier alpha value is -1.88. The SMILES string of the molecule is O=S(=O)(c1ccccc1)N1C[C@@H](O)[C@](O)(CNC2CCN(Cc3cccnc3)CC2)C1. The second kappa shape index (κ2) is 9.32. The van der Waals surface area contributed by atoms with Crippen LogP contribution in [0.3, 0.4) is 0 Å². The minimum Gasteiger partial charge on any atom is -0.389 e. The van der Waals surface area contributed by atoms with Gasteiger partial charge in [0.25, 0.3) is 0 Å². The van der Waals surface area contributed by atoms with Crippen LogP contribution in [-0.2, 0) is 16.6 Å². The van der Waals surface area contributed by atoms with E-state index in [9.17, 15) is 18.6 Å². The maximum Gasteiger partial charge on any atom is 0.243 e. The molecule has 0 unspecified atom stereocenters. The molecule has 0 radical (unpaired) electrons. The van der Waals surface area contributed by atoms with E-state index in [0.29, 0.717) is 0 Å². The van der Waals surface area contributed by atoms with Crippen molar-refractivity contribution in [3.8, 4) is 0 Å². The van der Waals surface area contributed by atoms with Crippen LogP contribution >= 0.6 is 0 Å². The Kier molecular flexibility index (Phi) is 6.71. The first-order valence-electron chi connectivity index (χ1n) is 10.7. The first-order valence-corrected chi connectivity index (χ1v) is 12.1. The van der Waals surface area contributed by atoms with Crippen molar-refractivity contribution in [1.29, 1.82) is 0 Å². The van der Waals surface area contributed by atoms with E-state index >= 15 is 0 Å². The summed E-state index contributed by atoms with van der Waals surface area (Å²) in [6.07, 6.45) is 4.38. The van der Waals surface area contributed by atoms with E-state index in [1.807, 2.05) is 12.3 Å². The number of nitrogens with zero attached hydrogens (tertiary/aromatic N) is 3. The molecule has 0 amide bonds. The molecule has 0 bridgehead atoms. The van der Waals surface area contributed by atoms with Crippen LogP contribution in [0.4, 0.5) is 0 Å². The number of sulfonamides is 1. The van der Waals surface area contributed by atoms with Crippen molar-refractivity contribution < 1.29 is 18.6 Å². The number of hydrogen-bond acceptors (Lipinski definition) is 7. The number of aliphatic hydroxyl groups excluding tert-OH is 1. The number of aliphatic hydroxyl groups is 2. The molecule has 1 aromatic carbocycles. The second-order valence-electron chi connectivity index (χ2n) is 8.52. The molecule has 8 nitrogen and oxygen atoms in total. The third kappa shape index (κ3) is 5.14. The molecular formula is C22H30N4O4S. The lowest BCUT2D eigenvalue weighted by Gasteiger charge is -2.35. The molecule has 2 aliphatic heterocycles. The largest absolute Gasteiger partial charge is 0.389 e. The van der Waals surface area contributed by atoms with Gasteiger partial charge in [0.1, 0.15) is 5.60 Å². The smallest absolute Gasteiger partial charge is 0.243 e. The van der Waals surface area contributed by atoms with E-state index in [1.165, 1.54) is 22.0 Å². The Morgan fingerprint density at radius 2 is 1.87 bits per heavy atom. The molecule has 2 atom stereocenters. The number of pyridine rings is 1. The molecule has 2 saturated heterocycles. The zero-order chi connectivity index (χ0) is 21.9. The molecule has 1 aromatic heterocycles. The van der Waals surface area contributed by atoms with Gasteiger partial charge in [0.15, 0.2) is 0 Å². The summed E-state index contributed by atoms with van der Waals surface area (Å²) in [4.78, 5) is 6.70. The van der Waals surface area contributed by atoms with Gasteiger partial charge < -0.3 is 15.5 Å². The lowest BCUT2D eigenvalue weighted by atomic mass is 9.98. The fraction of sp³-hybridized carbons (Fsp3) is 0.500. The van der Waals surface area contributed by atoms with Gasteiger partial charge in [0.2, 0.25) is 10.0 Å². The van der Waals surface area contributed by atoms with E-state index in [1.54, 1.807) is 24.4 Å². The predicted molar refractivity (Wildman–Crippen MR) is 117 cm³/mol. The Morgan fingerprint density at radius 1 is 1.13 bits per heavy atom. The fourth-order valence-corrected chi connectivity index (χ4v) is 5.83. The molecule has 31 heavy (non-hydrogen) atoms. The van der Waals surface area contributed by atoms with Gasteiger partial charge in [-0.1, -0.05) is 24.3 Å². The van der Waals surface area contributed by atoms with Crippen molar-refractivity contribution in [2.75, 3.05) is 32.7 Å². The average Bonchev–Trinajstić information content (AvgIpc) is 3.10.